The molecular weight excluding hydrogens is 242 g/mol. The van der Waals surface area contributed by atoms with Crippen molar-refractivity contribution in [1.29, 1.82) is 0 Å². The van der Waals surface area contributed by atoms with Crippen molar-refractivity contribution in [2.24, 2.45) is 0 Å². The van der Waals surface area contributed by atoms with Gasteiger partial charge in [0.2, 0.25) is 0 Å². The molecule has 1 N–H and O–H groups in total. The van der Waals surface area contributed by atoms with Crippen LogP contribution in [-0.4, -0.2) is 6.54 Å². The summed E-state index contributed by atoms with van der Waals surface area (Å²) >= 11 is 0. The summed E-state index contributed by atoms with van der Waals surface area (Å²) in [5, 5.41) is 3.79. The molecular formula is C19H31N. The second-order valence-corrected chi connectivity index (χ2v) is 6.38. The standard InChI is InChI=1S/C19H31N/c1-3-4-5-6-7-10-15-20-19-14-13-16(2)17-11-8-9-12-18(17)19/h8-9,11-12,16,19-20H,3-7,10,13-15H2,1-2H3. The molecule has 0 aromatic heterocycles. The van der Waals surface area contributed by atoms with E-state index < -0.39 is 0 Å². The van der Waals surface area contributed by atoms with Gasteiger partial charge in [-0.25, -0.2) is 0 Å². The first-order valence-electron chi connectivity index (χ1n) is 8.65. The largest absolute Gasteiger partial charge is 0.310 e. The fourth-order valence-corrected chi connectivity index (χ4v) is 3.40. The lowest BCUT2D eigenvalue weighted by atomic mass is 9.81. The maximum Gasteiger partial charge on any atom is 0.0323 e. The van der Waals surface area contributed by atoms with Crippen molar-refractivity contribution in [3.63, 3.8) is 0 Å². The van der Waals surface area contributed by atoms with E-state index in [1.54, 1.807) is 11.1 Å². The average molecular weight is 273 g/mol. The van der Waals surface area contributed by atoms with Crippen LogP contribution in [-0.2, 0) is 0 Å². The van der Waals surface area contributed by atoms with Crippen molar-refractivity contribution in [2.75, 3.05) is 6.54 Å². The van der Waals surface area contributed by atoms with Crippen LogP contribution >= 0.6 is 0 Å². The number of fused-ring (bicyclic) bond motifs is 1. The molecule has 1 aromatic rings. The fourth-order valence-electron chi connectivity index (χ4n) is 3.40. The number of hydrogen-bond donors (Lipinski definition) is 1. The molecule has 0 amide bonds. The molecule has 2 unspecified atom stereocenters. The zero-order valence-electron chi connectivity index (χ0n) is 13.3. The maximum atomic E-state index is 3.79. The van der Waals surface area contributed by atoms with Gasteiger partial charge in [-0.05, 0) is 42.9 Å². The summed E-state index contributed by atoms with van der Waals surface area (Å²) in [7, 11) is 0. The third-order valence-electron chi connectivity index (χ3n) is 4.71. The summed E-state index contributed by atoms with van der Waals surface area (Å²) in [5.74, 6) is 0.735. The molecule has 1 aliphatic rings. The second kappa shape index (κ2) is 8.46. The topological polar surface area (TPSA) is 12.0 Å². The Balaban J connectivity index is 1.73. The first kappa shape index (κ1) is 15.6. The molecule has 1 aromatic carbocycles. The van der Waals surface area contributed by atoms with Gasteiger partial charge in [-0.15, -0.1) is 0 Å². The predicted octanol–water partition coefficient (Wildman–Crippen LogP) is 5.58. The van der Waals surface area contributed by atoms with Gasteiger partial charge in [0.15, 0.2) is 0 Å². The molecule has 0 saturated carbocycles. The third kappa shape index (κ3) is 4.34. The Morgan fingerprint density at radius 1 is 0.950 bits per heavy atom. The molecule has 20 heavy (non-hydrogen) atoms. The molecule has 2 atom stereocenters. The van der Waals surface area contributed by atoms with Gasteiger partial charge in [-0.2, -0.15) is 0 Å². The summed E-state index contributed by atoms with van der Waals surface area (Å²) in [4.78, 5) is 0. The van der Waals surface area contributed by atoms with Crippen molar-refractivity contribution < 1.29 is 0 Å². The lowest BCUT2D eigenvalue weighted by Gasteiger charge is -2.30. The smallest absolute Gasteiger partial charge is 0.0323 e. The van der Waals surface area contributed by atoms with E-state index in [2.05, 4.69) is 43.4 Å². The molecule has 0 heterocycles. The molecule has 1 nitrogen and oxygen atoms in total. The first-order valence-corrected chi connectivity index (χ1v) is 8.65. The summed E-state index contributed by atoms with van der Waals surface area (Å²) in [6.07, 6.45) is 10.9. The number of hydrogen-bond acceptors (Lipinski definition) is 1. The van der Waals surface area contributed by atoms with Crippen LogP contribution in [0.15, 0.2) is 24.3 Å². The van der Waals surface area contributed by atoms with Crippen molar-refractivity contribution in [3.05, 3.63) is 35.4 Å². The fraction of sp³-hybridized carbons (Fsp3) is 0.684. The van der Waals surface area contributed by atoms with Crippen molar-refractivity contribution in [1.82, 2.24) is 5.32 Å². The highest BCUT2D eigenvalue weighted by Gasteiger charge is 2.23. The van der Waals surface area contributed by atoms with Gasteiger partial charge in [0.05, 0.1) is 0 Å². The molecule has 0 fully saturated rings. The van der Waals surface area contributed by atoms with E-state index in [1.807, 2.05) is 0 Å². The van der Waals surface area contributed by atoms with Crippen molar-refractivity contribution in [3.8, 4) is 0 Å². The average Bonchev–Trinajstić information content (AvgIpc) is 2.49. The van der Waals surface area contributed by atoms with Crippen molar-refractivity contribution >= 4 is 0 Å². The second-order valence-electron chi connectivity index (χ2n) is 6.38. The van der Waals surface area contributed by atoms with Gasteiger partial charge in [0, 0.05) is 6.04 Å². The highest BCUT2D eigenvalue weighted by atomic mass is 14.9. The molecule has 1 aliphatic carbocycles. The Bertz CT molecular complexity index is 385. The maximum absolute atomic E-state index is 3.79. The zero-order chi connectivity index (χ0) is 14.2. The minimum atomic E-state index is 0.595. The number of rotatable bonds is 8. The molecule has 0 spiro atoms. The molecule has 0 radical (unpaired) electrons. The minimum Gasteiger partial charge on any atom is -0.310 e. The normalized spacial score (nSPS) is 21.7. The molecule has 112 valence electrons. The summed E-state index contributed by atoms with van der Waals surface area (Å²) < 4.78 is 0. The molecule has 0 aliphatic heterocycles. The van der Waals surface area contributed by atoms with E-state index in [0.717, 1.165) is 5.92 Å². The van der Waals surface area contributed by atoms with Gasteiger partial charge >= 0.3 is 0 Å². The number of benzene rings is 1. The van der Waals surface area contributed by atoms with Gasteiger partial charge in [0.25, 0.3) is 0 Å². The summed E-state index contributed by atoms with van der Waals surface area (Å²) in [5.41, 5.74) is 3.12. The third-order valence-corrected chi connectivity index (χ3v) is 4.71. The van der Waals surface area contributed by atoms with Crippen LogP contribution in [0.1, 0.15) is 88.3 Å². The first-order chi connectivity index (χ1) is 9.83. The molecule has 0 saturated heterocycles. The summed E-state index contributed by atoms with van der Waals surface area (Å²) in [6, 6.07) is 9.61. The highest BCUT2D eigenvalue weighted by Crippen LogP contribution is 2.36. The van der Waals surface area contributed by atoms with E-state index in [1.165, 1.54) is 57.9 Å². The lowest BCUT2D eigenvalue weighted by Crippen LogP contribution is -2.27. The van der Waals surface area contributed by atoms with E-state index in [9.17, 15) is 0 Å². The van der Waals surface area contributed by atoms with Crippen LogP contribution in [0.5, 0.6) is 0 Å². The van der Waals surface area contributed by atoms with Crippen LogP contribution in [0.2, 0.25) is 0 Å². The van der Waals surface area contributed by atoms with E-state index >= 15 is 0 Å². The Kier molecular flexibility index (Phi) is 6.59. The van der Waals surface area contributed by atoms with Crippen LogP contribution in [0.4, 0.5) is 0 Å². The van der Waals surface area contributed by atoms with Crippen LogP contribution < -0.4 is 5.32 Å². The van der Waals surface area contributed by atoms with E-state index in [0.29, 0.717) is 6.04 Å². The van der Waals surface area contributed by atoms with Crippen LogP contribution in [0.3, 0.4) is 0 Å². The van der Waals surface area contributed by atoms with E-state index in [4.69, 9.17) is 0 Å². The lowest BCUT2D eigenvalue weighted by molar-refractivity contribution is 0.424. The highest BCUT2D eigenvalue weighted by molar-refractivity contribution is 5.34. The quantitative estimate of drug-likeness (QED) is 0.610. The molecule has 0 bridgehead atoms. The molecule has 1 heteroatoms. The molecule has 2 rings (SSSR count). The monoisotopic (exact) mass is 273 g/mol. The Morgan fingerprint density at radius 2 is 1.65 bits per heavy atom. The Hall–Kier alpha value is -0.820. The SMILES string of the molecule is CCCCCCCCNC1CCC(C)c2ccccc21. The van der Waals surface area contributed by atoms with E-state index in [-0.39, 0.29) is 0 Å². The summed E-state index contributed by atoms with van der Waals surface area (Å²) in [6.45, 7) is 5.82. The number of nitrogens with one attached hydrogen (secondary N) is 1. The Morgan fingerprint density at radius 3 is 2.45 bits per heavy atom. The number of unbranched alkanes of at least 4 members (excludes halogenated alkanes) is 5. The zero-order valence-corrected chi connectivity index (χ0v) is 13.3. The van der Waals surface area contributed by atoms with Gasteiger partial charge < -0.3 is 5.32 Å². The van der Waals surface area contributed by atoms with Crippen LogP contribution in [0.25, 0.3) is 0 Å². The Labute approximate surface area is 125 Å². The minimum absolute atomic E-state index is 0.595. The van der Waals surface area contributed by atoms with Gasteiger partial charge in [-0.3, -0.25) is 0 Å². The predicted molar refractivity (Wildman–Crippen MR) is 88.2 cm³/mol. The van der Waals surface area contributed by atoms with Crippen LogP contribution in [0, 0.1) is 0 Å². The van der Waals surface area contributed by atoms with Crippen molar-refractivity contribution in [2.45, 2.75) is 77.2 Å². The van der Waals surface area contributed by atoms with Gasteiger partial charge in [-0.1, -0.05) is 70.2 Å². The van der Waals surface area contributed by atoms with Gasteiger partial charge in [0.1, 0.15) is 0 Å².